The van der Waals surface area contributed by atoms with Crippen molar-refractivity contribution in [2.75, 3.05) is 6.54 Å². The number of hydrogen-bond donors (Lipinski definition) is 0. The van der Waals surface area contributed by atoms with Gasteiger partial charge in [0.05, 0.1) is 13.1 Å². The molecule has 2 heterocycles. The van der Waals surface area contributed by atoms with E-state index in [4.69, 9.17) is 16.1 Å². The molecule has 0 amide bonds. The molecule has 4 rings (SSSR count). The smallest absolute Gasteiger partial charge is 0.296 e. The van der Waals surface area contributed by atoms with Gasteiger partial charge in [-0.05, 0) is 29.7 Å². The number of nitrogens with zero attached hydrogens (tertiary/aromatic N) is 3. The van der Waals surface area contributed by atoms with E-state index in [0.29, 0.717) is 12.4 Å². The first-order valence-electron chi connectivity index (χ1n) is 8.39. The maximum absolute atomic E-state index is 14.1. The molecule has 26 heavy (non-hydrogen) atoms. The molecule has 0 saturated carbocycles. The summed E-state index contributed by atoms with van der Waals surface area (Å²) in [5.74, 6) is -0.603. The van der Waals surface area contributed by atoms with Crippen molar-refractivity contribution < 1.29 is 8.91 Å². The molecule has 0 radical (unpaired) electrons. The summed E-state index contributed by atoms with van der Waals surface area (Å²) in [5.41, 5.74) is 2.87. The molecule has 0 atom stereocenters. The number of hydrogen-bond acceptors (Lipinski definition) is 4. The van der Waals surface area contributed by atoms with Crippen molar-refractivity contribution in [3.8, 4) is 0 Å². The van der Waals surface area contributed by atoms with Crippen LogP contribution in [0.1, 0.15) is 22.5 Å². The van der Waals surface area contributed by atoms with Crippen LogP contribution in [0, 0.1) is 5.82 Å². The summed E-state index contributed by atoms with van der Waals surface area (Å²) < 4.78 is 20.2. The summed E-state index contributed by atoms with van der Waals surface area (Å²) in [6, 6.07) is 12.8. The molecule has 134 valence electrons. The predicted octanol–water partition coefficient (Wildman–Crippen LogP) is 3.24. The molecule has 0 unspecified atom stereocenters. The second kappa shape index (κ2) is 7.05. The van der Waals surface area contributed by atoms with Crippen molar-refractivity contribution in [1.29, 1.82) is 0 Å². The van der Waals surface area contributed by atoms with Crippen molar-refractivity contribution in [3.05, 3.63) is 86.4 Å². The summed E-state index contributed by atoms with van der Waals surface area (Å²) in [6.07, 6.45) is 0.942. The van der Waals surface area contributed by atoms with Crippen LogP contribution in [0.5, 0.6) is 0 Å². The average Bonchev–Trinajstić information content (AvgIpc) is 2.98. The van der Waals surface area contributed by atoms with Crippen LogP contribution >= 0.6 is 11.6 Å². The molecular weight excluding hydrogens is 357 g/mol. The standard InChI is InChI=1S/C19H17ClFN3O2/c20-16-6-3-7-17(21)15(16)11-24-18(22-26-19(24)25)12-23-9-8-13-4-1-2-5-14(13)10-23/h1-7H,8-12H2. The monoisotopic (exact) mass is 373 g/mol. The minimum absolute atomic E-state index is 0.00635. The first kappa shape index (κ1) is 17.0. The number of aromatic nitrogens is 2. The molecule has 0 aliphatic carbocycles. The van der Waals surface area contributed by atoms with E-state index in [1.54, 1.807) is 6.07 Å². The van der Waals surface area contributed by atoms with Crippen molar-refractivity contribution in [2.24, 2.45) is 0 Å². The van der Waals surface area contributed by atoms with Gasteiger partial charge in [-0.15, -0.1) is 0 Å². The van der Waals surface area contributed by atoms with Gasteiger partial charge in [0.15, 0.2) is 5.82 Å². The summed E-state index contributed by atoms with van der Waals surface area (Å²) >= 11 is 6.08. The van der Waals surface area contributed by atoms with E-state index in [2.05, 4.69) is 22.2 Å². The van der Waals surface area contributed by atoms with Gasteiger partial charge in [-0.2, -0.15) is 0 Å². The summed E-state index contributed by atoms with van der Waals surface area (Å²) in [4.78, 5) is 14.3. The highest BCUT2D eigenvalue weighted by atomic mass is 35.5. The first-order valence-corrected chi connectivity index (χ1v) is 8.77. The number of benzene rings is 2. The van der Waals surface area contributed by atoms with E-state index in [9.17, 15) is 9.18 Å². The Hall–Kier alpha value is -2.44. The molecule has 7 heteroatoms. The van der Waals surface area contributed by atoms with E-state index >= 15 is 0 Å². The molecule has 0 saturated heterocycles. The van der Waals surface area contributed by atoms with Crippen LogP contribution in [0.15, 0.2) is 51.8 Å². The highest BCUT2D eigenvalue weighted by Crippen LogP contribution is 2.22. The number of fused-ring (bicyclic) bond motifs is 1. The quantitative estimate of drug-likeness (QED) is 0.704. The Morgan fingerprint density at radius 3 is 2.73 bits per heavy atom. The Morgan fingerprint density at radius 2 is 1.92 bits per heavy atom. The zero-order chi connectivity index (χ0) is 18.1. The van der Waals surface area contributed by atoms with E-state index < -0.39 is 11.6 Å². The SMILES string of the molecule is O=c1onc(CN2CCc3ccccc3C2)n1Cc1c(F)cccc1Cl. The molecule has 0 bridgehead atoms. The maximum atomic E-state index is 14.1. The Balaban J connectivity index is 1.57. The average molecular weight is 374 g/mol. The van der Waals surface area contributed by atoms with Crippen LogP contribution in [0.2, 0.25) is 5.02 Å². The largest absolute Gasteiger partial charge is 0.441 e. The van der Waals surface area contributed by atoms with Crippen molar-refractivity contribution in [2.45, 2.75) is 26.1 Å². The Labute approximate surface area is 154 Å². The lowest BCUT2D eigenvalue weighted by molar-refractivity contribution is 0.233. The van der Waals surface area contributed by atoms with Crippen LogP contribution in [0.3, 0.4) is 0 Å². The van der Waals surface area contributed by atoms with E-state index in [0.717, 1.165) is 19.5 Å². The minimum Gasteiger partial charge on any atom is -0.296 e. The van der Waals surface area contributed by atoms with Crippen LogP contribution in [-0.4, -0.2) is 21.2 Å². The first-order chi connectivity index (χ1) is 12.6. The van der Waals surface area contributed by atoms with Gasteiger partial charge < -0.3 is 0 Å². The molecular formula is C19H17ClFN3O2. The molecule has 1 aliphatic rings. The van der Waals surface area contributed by atoms with Gasteiger partial charge in [-0.3, -0.25) is 14.0 Å². The molecule has 5 nitrogen and oxygen atoms in total. The second-order valence-corrected chi connectivity index (χ2v) is 6.79. The third-order valence-corrected chi connectivity index (χ3v) is 5.07. The fourth-order valence-electron chi connectivity index (χ4n) is 3.30. The van der Waals surface area contributed by atoms with Crippen LogP contribution < -0.4 is 5.76 Å². The Morgan fingerprint density at radius 1 is 1.12 bits per heavy atom. The van der Waals surface area contributed by atoms with E-state index in [1.807, 2.05) is 12.1 Å². The van der Waals surface area contributed by atoms with E-state index in [1.165, 1.54) is 27.8 Å². The van der Waals surface area contributed by atoms with Gasteiger partial charge in [0.1, 0.15) is 5.82 Å². The van der Waals surface area contributed by atoms with Gasteiger partial charge >= 0.3 is 5.76 Å². The van der Waals surface area contributed by atoms with Crippen molar-refractivity contribution >= 4 is 11.6 Å². The zero-order valence-corrected chi connectivity index (χ0v) is 14.7. The number of halogens is 2. The zero-order valence-electron chi connectivity index (χ0n) is 14.0. The van der Waals surface area contributed by atoms with Crippen molar-refractivity contribution in [1.82, 2.24) is 14.6 Å². The Bertz CT molecular complexity index is 978. The predicted molar refractivity (Wildman–Crippen MR) is 95.5 cm³/mol. The van der Waals surface area contributed by atoms with Crippen LogP contribution in [0.4, 0.5) is 4.39 Å². The van der Waals surface area contributed by atoms with Crippen LogP contribution in [0.25, 0.3) is 0 Å². The highest BCUT2D eigenvalue weighted by Gasteiger charge is 2.21. The molecule has 0 spiro atoms. The van der Waals surface area contributed by atoms with Gasteiger partial charge in [0.2, 0.25) is 0 Å². The van der Waals surface area contributed by atoms with Gasteiger partial charge in [-0.25, -0.2) is 9.18 Å². The van der Waals surface area contributed by atoms with Gasteiger partial charge in [-0.1, -0.05) is 47.1 Å². The summed E-state index contributed by atoms with van der Waals surface area (Å²) in [6.45, 7) is 2.08. The third kappa shape index (κ3) is 3.30. The molecule has 2 aromatic carbocycles. The molecule has 0 N–H and O–H groups in total. The topological polar surface area (TPSA) is 51.3 Å². The van der Waals surface area contributed by atoms with Crippen LogP contribution in [-0.2, 0) is 26.1 Å². The normalized spacial score (nSPS) is 14.4. The van der Waals surface area contributed by atoms with Gasteiger partial charge in [0, 0.05) is 23.7 Å². The van der Waals surface area contributed by atoms with Gasteiger partial charge in [0.25, 0.3) is 0 Å². The summed E-state index contributed by atoms with van der Waals surface area (Å²) in [7, 11) is 0. The fraction of sp³-hybridized carbons (Fsp3) is 0.263. The maximum Gasteiger partial charge on any atom is 0.441 e. The molecule has 3 aromatic rings. The molecule has 0 fully saturated rings. The molecule has 1 aliphatic heterocycles. The highest BCUT2D eigenvalue weighted by molar-refractivity contribution is 6.31. The molecule has 1 aromatic heterocycles. The lowest BCUT2D eigenvalue weighted by Gasteiger charge is -2.28. The third-order valence-electron chi connectivity index (χ3n) is 4.71. The van der Waals surface area contributed by atoms with E-state index in [-0.39, 0.29) is 17.1 Å². The fourth-order valence-corrected chi connectivity index (χ4v) is 3.52. The lowest BCUT2D eigenvalue weighted by atomic mass is 10.00. The Kier molecular flexibility index (Phi) is 4.61. The second-order valence-electron chi connectivity index (χ2n) is 6.38. The van der Waals surface area contributed by atoms with Crippen molar-refractivity contribution in [3.63, 3.8) is 0 Å². The lowest BCUT2D eigenvalue weighted by Crippen LogP contribution is -2.32. The summed E-state index contributed by atoms with van der Waals surface area (Å²) in [5, 5.41) is 4.16. The number of rotatable bonds is 4. The minimum atomic E-state index is -0.614.